The number of nitrogens with one attached hydrogen (secondary N) is 1. The summed E-state index contributed by atoms with van der Waals surface area (Å²) in [6, 6.07) is 7.91. The second-order valence-electron chi connectivity index (χ2n) is 7.75. The Morgan fingerprint density at radius 2 is 2.12 bits per heavy atom. The van der Waals surface area contributed by atoms with E-state index >= 15 is 0 Å². The first-order valence-electron chi connectivity index (χ1n) is 9.68. The standard InChI is InChI=1S/C21H27N3O2/c1-15-6-2-4-8-17(15)21(26)12-13-24(14-21)20(25)11-10-19-16-7-3-5-9-18(16)22-23-19/h2,4,6,8,26H,3,5,7,9-14H2,1H3,(H,22,23). The van der Waals surface area contributed by atoms with Gasteiger partial charge in [0.25, 0.3) is 0 Å². The Bertz CT molecular complexity index is 813. The number of H-pyrrole nitrogens is 1. The van der Waals surface area contributed by atoms with Gasteiger partial charge in [-0.25, -0.2) is 0 Å². The van der Waals surface area contributed by atoms with E-state index in [-0.39, 0.29) is 5.91 Å². The lowest BCUT2D eigenvalue weighted by Gasteiger charge is -2.25. The largest absolute Gasteiger partial charge is 0.383 e. The topological polar surface area (TPSA) is 69.2 Å². The number of nitrogens with zero attached hydrogens (tertiary/aromatic N) is 2. The van der Waals surface area contributed by atoms with Crippen molar-refractivity contribution in [3.8, 4) is 0 Å². The fourth-order valence-electron chi connectivity index (χ4n) is 4.46. The minimum absolute atomic E-state index is 0.113. The Morgan fingerprint density at radius 1 is 1.31 bits per heavy atom. The molecule has 1 unspecified atom stereocenters. The van der Waals surface area contributed by atoms with E-state index in [0.29, 0.717) is 32.4 Å². The molecule has 5 nitrogen and oxygen atoms in total. The van der Waals surface area contributed by atoms with Gasteiger partial charge in [-0.1, -0.05) is 24.3 Å². The summed E-state index contributed by atoms with van der Waals surface area (Å²) in [5.74, 6) is 0.113. The number of β-amino-alcohol motifs (C(OH)–C–C–N with tert-alkyl or cyclic N) is 1. The van der Waals surface area contributed by atoms with Crippen molar-refractivity contribution in [3.63, 3.8) is 0 Å². The van der Waals surface area contributed by atoms with Crippen molar-refractivity contribution in [1.29, 1.82) is 0 Å². The molecule has 1 amide bonds. The molecule has 1 aliphatic carbocycles. The first kappa shape index (κ1) is 17.3. The number of carbonyl (C=O) groups is 1. The van der Waals surface area contributed by atoms with Crippen LogP contribution < -0.4 is 0 Å². The number of carbonyl (C=O) groups excluding carboxylic acids is 1. The van der Waals surface area contributed by atoms with Crippen molar-refractivity contribution in [2.45, 2.75) is 57.5 Å². The molecule has 2 aliphatic rings. The lowest BCUT2D eigenvalue weighted by Crippen LogP contribution is -2.35. The number of hydrogen-bond acceptors (Lipinski definition) is 3. The van der Waals surface area contributed by atoms with Crippen LogP contribution in [0, 0.1) is 6.92 Å². The quantitative estimate of drug-likeness (QED) is 0.888. The highest BCUT2D eigenvalue weighted by Gasteiger charge is 2.40. The van der Waals surface area contributed by atoms with Crippen molar-refractivity contribution in [2.75, 3.05) is 13.1 Å². The summed E-state index contributed by atoms with van der Waals surface area (Å²) in [4.78, 5) is 14.5. The molecule has 2 heterocycles. The van der Waals surface area contributed by atoms with Crippen molar-refractivity contribution < 1.29 is 9.90 Å². The van der Waals surface area contributed by atoms with Crippen LogP contribution in [0.4, 0.5) is 0 Å². The van der Waals surface area contributed by atoms with Gasteiger partial charge in [0, 0.05) is 25.1 Å². The summed E-state index contributed by atoms with van der Waals surface area (Å²) < 4.78 is 0. The number of fused-ring (bicyclic) bond motifs is 1. The van der Waals surface area contributed by atoms with Crippen LogP contribution in [0.15, 0.2) is 24.3 Å². The minimum Gasteiger partial charge on any atom is -0.383 e. The Balaban J connectivity index is 1.39. The molecule has 0 bridgehead atoms. The lowest BCUT2D eigenvalue weighted by molar-refractivity contribution is -0.131. The van der Waals surface area contributed by atoms with Gasteiger partial charge in [-0.05, 0) is 55.7 Å². The molecule has 26 heavy (non-hydrogen) atoms. The van der Waals surface area contributed by atoms with E-state index in [0.717, 1.165) is 29.7 Å². The van der Waals surface area contributed by atoms with Crippen LogP contribution >= 0.6 is 0 Å². The molecular formula is C21H27N3O2. The van der Waals surface area contributed by atoms with Crippen LogP contribution in [-0.4, -0.2) is 39.2 Å². The zero-order valence-corrected chi connectivity index (χ0v) is 15.4. The number of aromatic nitrogens is 2. The van der Waals surface area contributed by atoms with Crippen molar-refractivity contribution >= 4 is 5.91 Å². The molecule has 0 saturated carbocycles. The third kappa shape index (κ3) is 3.16. The van der Waals surface area contributed by atoms with E-state index in [9.17, 15) is 9.90 Å². The van der Waals surface area contributed by atoms with Gasteiger partial charge in [-0.2, -0.15) is 5.10 Å². The second kappa shape index (κ2) is 6.88. The Labute approximate surface area is 154 Å². The van der Waals surface area contributed by atoms with Gasteiger partial charge in [0.1, 0.15) is 5.60 Å². The maximum Gasteiger partial charge on any atom is 0.223 e. The summed E-state index contributed by atoms with van der Waals surface area (Å²) in [5.41, 5.74) is 4.74. The van der Waals surface area contributed by atoms with Crippen molar-refractivity contribution in [2.24, 2.45) is 0 Å². The molecule has 1 aromatic heterocycles. The smallest absolute Gasteiger partial charge is 0.223 e. The van der Waals surface area contributed by atoms with Crippen molar-refractivity contribution in [3.05, 3.63) is 52.3 Å². The zero-order chi connectivity index (χ0) is 18.1. The van der Waals surface area contributed by atoms with Gasteiger partial charge in [0.2, 0.25) is 5.91 Å². The van der Waals surface area contributed by atoms with Gasteiger partial charge < -0.3 is 10.0 Å². The fraction of sp³-hybridized carbons (Fsp3) is 0.524. The number of rotatable bonds is 4. The van der Waals surface area contributed by atoms with Gasteiger partial charge in [0.05, 0.1) is 12.2 Å². The maximum atomic E-state index is 12.7. The molecule has 1 aromatic carbocycles. The molecule has 1 saturated heterocycles. The molecule has 5 heteroatoms. The summed E-state index contributed by atoms with van der Waals surface area (Å²) in [6.07, 6.45) is 6.33. The lowest BCUT2D eigenvalue weighted by atomic mass is 9.89. The molecule has 1 aliphatic heterocycles. The van der Waals surface area contributed by atoms with Crippen LogP contribution in [0.1, 0.15) is 53.8 Å². The van der Waals surface area contributed by atoms with Gasteiger partial charge >= 0.3 is 0 Å². The number of amides is 1. The summed E-state index contributed by atoms with van der Waals surface area (Å²) in [5, 5.41) is 18.6. The van der Waals surface area contributed by atoms with E-state index in [1.807, 2.05) is 36.1 Å². The molecule has 138 valence electrons. The summed E-state index contributed by atoms with van der Waals surface area (Å²) >= 11 is 0. The first-order chi connectivity index (χ1) is 12.6. The van der Waals surface area contributed by atoms with Gasteiger partial charge in [0.15, 0.2) is 0 Å². The van der Waals surface area contributed by atoms with Crippen LogP contribution in [0.5, 0.6) is 0 Å². The van der Waals surface area contributed by atoms with E-state index < -0.39 is 5.60 Å². The average molecular weight is 353 g/mol. The third-order valence-corrected chi connectivity index (χ3v) is 5.96. The van der Waals surface area contributed by atoms with Gasteiger partial charge in [-0.3, -0.25) is 9.89 Å². The number of likely N-dealkylation sites (tertiary alicyclic amines) is 1. The molecule has 0 spiro atoms. The Morgan fingerprint density at radius 3 is 2.96 bits per heavy atom. The first-order valence-corrected chi connectivity index (χ1v) is 9.68. The number of aromatic amines is 1. The van der Waals surface area contributed by atoms with Gasteiger partial charge in [-0.15, -0.1) is 0 Å². The van der Waals surface area contributed by atoms with Crippen LogP contribution in [-0.2, 0) is 29.7 Å². The number of aliphatic hydroxyl groups is 1. The predicted octanol–water partition coefficient (Wildman–Crippen LogP) is 2.65. The SMILES string of the molecule is Cc1ccccc1C1(O)CCN(C(=O)CCc2n[nH]c3c2CCCC3)C1. The fourth-order valence-corrected chi connectivity index (χ4v) is 4.46. The van der Waals surface area contributed by atoms with E-state index in [1.54, 1.807) is 0 Å². The number of benzene rings is 1. The monoisotopic (exact) mass is 353 g/mol. The molecule has 0 radical (unpaired) electrons. The van der Waals surface area contributed by atoms with E-state index in [4.69, 9.17) is 0 Å². The summed E-state index contributed by atoms with van der Waals surface area (Å²) in [7, 11) is 0. The highest BCUT2D eigenvalue weighted by molar-refractivity contribution is 5.77. The zero-order valence-electron chi connectivity index (χ0n) is 15.4. The average Bonchev–Trinajstić information content (AvgIpc) is 3.25. The highest BCUT2D eigenvalue weighted by Crippen LogP contribution is 2.34. The van der Waals surface area contributed by atoms with Crippen molar-refractivity contribution in [1.82, 2.24) is 15.1 Å². The second-order valence-corrected chi connectivity index (χ2v) is 7.75. The van der Waals surface area contributed by atoms with E-state index in [2.05, 4.69) is 10.2 Å². The predicted molar refractivity (Wildman–Crippen MR) is 99.8 cm³/mol. The number of hydrogen-bond donors (Lipinski definition) is 2. The molecule has 1 atom stereocenters. The van der Waals surface area contributed by atoms with Crippen LogP contribution in [0.2, 0.25) is 0 Å². The molecule has 1 fully saturated rings. The highest BCUT2D eigenvalue weighted by atomic mass is 16.3. The number of aryl methyl sites for hydroxylation is 3. The van der Waals surface area contributed by atoms with Crippen LogP contribution in [0.3, 0.4) is 0 Å². The minimum atomic E-state index is -0.924. The molecular weight excluding hydrogens is 326 g/mol. The summed E-state index contributed by atoms with van der Waals surface area (Å²) in [6.45, 7) is 3.01. The normalized spacial score (nSPS) is 22.5. The molecule has 2 aromatic rings. The molecule has 4 rings (SSSR count). The molecule has 2 N–H and O–H groups in total. The Kier molecular flexibility index (Phi) is 4.57. The Hall–Kier alpha value is -2.14. The van der Waals surface area contributed by atoms with Crippen LogP contribution in [0.25, 0.3) is 0 Å². The van der Waals surface area contributed by atoms with E-state index in [1.165, 1.54) is 24.1 Å². The maximum absolute atomic E-state index is 12.7. The third-order valence-electron chi connectivity index (χ3n) is 5.96.